The number of hydrogen-bond donors (Lipinski definition) is 2. The van der Waals surface area contributed by atoms with Gasteiger partial charge in [0, 0.05) is 57.5 Å². The van der Waals surface area contributed by atoms with Crippen molar-refractivity contribution in [3.63, 3.8) is 0 Å². The molecule has 1 aromatic carbocycles. The Balaban J connectivity index is 0.00000289. The second kappa shape index (κ2) is 12.5. The minimum atomic E-state index is 0. The van der Waals surface area contributed by atoms with Crippen LogP contribution in [0.2, 0.25) is 0 Å². The summed E-state index contributed by atoms with van der Waals surface area (Å²) in [6.07, 6.45) is 7.20. The van der Waals surface area contributed by atoms with Gasteiger partial charge < -0.3 is 15.4 Å². The van der Waals surface area contributed by atoms with Crippen LogP contribution in [0.5, 0.6) is 0 Å². The topological polar surface area (TPSA) is 52.1 Å². The third-order valence-electron chi connectivity index (χ3n) is 7.59. The van der Waals surface area contributed by atoms with E-state index in [-0.39, 0.29) is 29.5 Å². The molecule has 4 rings (SSSR count). The molecule has 0 saturated carbocycles. The van der Waals surface area contributed by atoms with Crippen LogP contribution in [0.15, 0.2) is 35.3 Å². The van der Waals surface area contributed by atoms with Gasteiger partial charge in [-0.2, -0.15) is 0 Å². The van der Waals surface area contributed by atoms with Gasteiger partial charge in [0.15, 0.2) is 5.96 Å². The van der Waals surface area contributed by atoms with Crippen LogP contribution in [0.1, 0.15) is 51.0 Å². The van der Waals surface area contributed by atoms with E-state index in [0.29, 0.717) is 12.1 Å². The van der Waals surface area contributed by atoms with Crippen molar-refractivity contribution in [3.05, 3.63) is 35.9 Å². The van der Waals surface area contributed by atoms with Crippen LogP contribution in [0, 0.1) is 0 Å². The number of aliphatic imine (C=N–C) groups is 1. The number of nitrogens with zero attached hydrogens (tertiary/aromatic N) is 3. The van der Waals surface area contributed by atoms with E-state index < -0.39 is 0 Å². The molecule has 0 aromatic heterocycles. The molecule has 6 nitrogen and oxygen atoms in total. The normalized spacial score (nSPS) is 27.0. The minimum absolute atomic E-state index is 0. The molecule has 3 fully saturated rings. The van der Waals surface area contributed by atoms with Crippen LogP contribution in [0.25, 0.3) is 0 Å². The van der Waals surface area contributed by atoms with Crippen molar-refractivity contribution in [1.29, 1.82) is 0 Å². The number of nitrogens with one attached hydrogen (secondary N) is 2. The van der Waals surface area contributed by atoms with E-state index in [1.807, 2.05) is 7.05 Å². The van der Waals surface area contributed by atoms with Gasteiger partial charge in [0.25, 0.3) is 0 Å². The molecule has 32 heavy (non-hydrogen) atoms. The Labute approximate surface area is 211 Å². The molecule has 2 N–H and O–H groups in total. The molecular formula is C25H42IN5O. The average molecular weight is 556 g/mol. The van der Waals surface area contributed by atoms with E-state index in [1.165, 1.54) is 31.5 Å². The zero-order chi connectivity index (χ0) is 21.5. The summed E-state index contributed by atoms with van der Waals surface area (Å²) in [6.45, 7) is 9.69. The first-order chi connectivity index (χ1) is 15.2. The lowest BCUT2D eigenvalue weighted by Gasteiger charge is -2.45. The van der Waals surface area contributed by atoms with Crippen LogP contribution in [0.4, 0.5) is 0 Å². The zero-order valence-electron chi connectivity index (χ0n) is 19.9. The lowest BCUT2D eigenvalue weighted by molar-refractivity contribution is -0.0164. The lowest BCUT2D eigenvalue weighted by atomic mass is 9.88. The van der Waals surface area contributed by atoms with Crippen LogP contribution in [-0.4, -0.2) is 79.8 Å². The summed E-state index contributed by atoms with van der Waals surface area (Å²) in [5.41, 5.74) is 1.63. The molecule has 0 spiro atoms. The Morgan fingerprint density at radius 1 is 1.12 bits per heavy atom. The summed E-state index contributed by atoms with van der Waals surface area (Å²) in [5.74, 6) is 0.957. The van der Waals surface area contributed by atoms with Crippen molar-refractivity contribution in [3.8, 4) is 0 Å². The fourth-order valence-electron chi connectivity index (χ4n) is 5.59. The maximum absolute atomic E-state index is 5.70. The molecule has 3 aliphatic heterocycles. The molecule has 3 aliphatic rings. The van der Waals surface area contributed by atoms with E-state index >= 15 is 0 Å². The van der Waals surface area contributed by atoms with E-state index in [4.69, 9.17) is 4.74 Å². The number of ether oxygens (including phenoxy) is 1. The molecule has 2 atom stereocenters. The highest BCUT2D eigenvalue weighted by Crippen LogP contribution is 2.30. The number of halogens is 1. The molecule has 0 aliphatic carbocycles. The molecule has 2 unspecified atom stereocenters. The van der Waals surface area contributed by atoms with Crippen LogP contribution < -0.4 is 10.6 Å². The number of guanidine groups is 1. The van der Waals surface area contributed by atoms with Crippen molar-refractivity contribution < 1.29 is 4.74 Å². The zero-order valence-corrected chi connectivity index (χ0v) is 22.2. The summed E-state index contributed by atoms with van der Waals surface area (Å²) in [4.78, 5) is 9.88. The summed E-state index contributed by atoms with van der Waals surface area (Å²) in [5, 5.41) is 7.43. The van der Waals surface area contributed by atoms with Crippen molar-refractivity contribution in [2.75, 3.05) is 46.4 Å². The Hall–Kier alpha value is -0.900. The van der Waals surface area contributed by atoms with E-state index in [1.54, 1.807) is 0 Å². The van der Waals surface area contributed by atoms with Gasteiger partial charge in [-0.1, -0.05) is 30.3 Å². The van der Waals surface area contributed by atoms with E-state index in [0.717, 1.165) is 64.5 Å². The molecule has 0 radical (unpaired) electrons. The van der Waals surface area contributed by atoms with Gasteiger partial charge in [-0.25, -0.2) is 0 Å². The molecule has 3 saturated heterocycles. The van der Waals surface area contributed by atoms with Gasteiger partial charge in [-0.05, 0) is 64.1 Å². The molecule has 1 aromatic rings. The van der Waals surface area contributed by atoms with Crippen molar-refractivity contribution >= 4 is 29.9 Å². The van der Waals surface area contributed by atoms with Gasteiger partial charge in [0.05, 0.1) is 0 Å². The lowest BCUT2D eigenvalue weighted by Crippen LogP contribution is -2.59. The third-order valence-corrected chi connectivity index (χ3v) is 7.59. The number of benzene rings is 1. The van der Waals surface area contributed by atoms with Crippen molar-refractivity contribution in [2.45, 2.75) is 69.6 Å². The van der Waals surface area contributed by atoms with E-state index in [2.05, 4.69) is 62.7 Å². The SMILES string of the molecule is CN=C(NCC1(N2CCCC2)CCOCC1)NC1CCN(Cc2ccccc2)C(C)C1.I. The van der Waals surface area contributed by atoms with Crippen molar-refractivity contribution in [1.82, 2.24) is 20.4 Å². The molecule has 0 bridgehead atoms. The highest BCUT2D eigenvalue weighted by molar-refractivity contribution is 14.0. The fraction of sp³-hybridized carbons (Fsp3) is 0.720. The number of likely N-dealkylation sites (tertiary alicyclic amines) is 2. The summed E-state index contributed by atoms with van der Waals surface area (Å²) < 4.78 is 5.70. The Kier molecular flexibility index (Phi) is 10.1. The van der Waals surface area contributed by atoms with Gasteiger partial charge in [0.1, 0.15) is 0 Å². The predicted molar refractivity (Wildman–Crippen MR) is 143 cm³/mol. The van der Waals surface area contributed by atoms with E-state index in [9.17, 15) is 0 Å². The summed E-state index contributed by atoms with van der Waals surface area (Å²) in [6, 6.07) is 11.9. The maximum atomic E-state index is 5.70. The molecule has 3 heterocycles. The standard InChI is InChI=1S/C25H41N5O.HI/c1-21-18-23(10-15-29(21)19-22-8-4-3-5-9-22)28-24(26-2)27-20-25(11-16-31-17-12-25)30-13-6-7-14-30;/h3-5,8-9,21,23H,6-7,10-20H2,1-2H3,(H2,26,27,28);1H. The molecule has 180 valence electrons. The Morgan fingerprint density at radius 2 is 1.84 bits per heavy atom. The van der Waals surface area contributed by atoms with Gasteiger partial charge in [-0.3, -0.25) is 14.8 Å². The molecule has 0 amide bonds. The highest BCUT2D eigenvalue weighted by atomic mass is 127. The number of piperidine rings is 1. The number of rotatable bonds is 6. The first kappa shape index (κ1) is 25.7. The second-order valence-electron chi connectivity index (χ2n) is 9.63. The highest BCUT2D eigenvalue weighted by Gasteiger charge is 2.39. The molecular weight excluding hydrogens is 513 g/mol. The van der Waals surface area contributed by atoms with Gasteiger partial charge >= 0.3 is 0 Å². The largest absolute Gasteiger partial charge is 0.381 e. The Morgan fingerprint density at radius 3 is 2.50 bits per heavy atom. The first-order valence-electron chi connectivity index (χ1n) is 12.3. The smallest absolute Gasteiger partial charge is 0.191 e. The van der Waals surface area contributed by atoms with Crippen LogP contribution in [0.3, 0.4) is 0 Å². The fourth-order valence-corrected chi connectivity index (χ4v) is 5.59. The van der Waals surface area contributed by atoms with Gasteiger partial charge in [0.2, 0.25) is 0 Å². The second-order valence-corrected chi connectivity index (χ2v) is 9.63. The summed E-state index contributed by atoms with van der Waals surface area (Å²) >= 11 is 0. The Bertz CT molecular complexity index is 704. The molecule has 7 heteroatoms. The first-order valence-corrected chi connectivity index (χ1v) is 12.3. The quantitative estimate of drug-likeness (QED) is 0.320. The van der Waals surface area contributed by atoms with Crippen molar-refractivity contribution in [2.24, 2.45) is 4.99 Å². The maximum Gasteiger partial charge on any atom is 0.191 e. The predicted octanol–water partition coefficient (Wildman–Crippen LogP) is 3.47. The minimum Gasteiger partial charge on any atom is -0.381 e. The monoisotopic (exact) mass is 555 g/mol. The van der Waals surface area contributed by atoms with Gasteiger partial charge in [-0.15, -0.1) is 24.0 Å². The van der Waals surface area contributed by atoms with Crippen LogP contribution >= 0.6 is 24.0 Å². The third kappa shape index (κ3) is 6.58. The number of hydrogen-bond acceptors (Lipinski definition) is 4. The van der Waals surface area contributed by atoms with Crippen LogP contribution in [-0.2, 0) is 11.3 Å². The average Bonchev–Trinajstić information content (AvgIpc) is 3.35. The summed E-state index contributed by atoms with van der Waals surface area (Å²) in [7, 11) is 1.90.